The number of benzene rings is 1. The monoisotopic (exact) mass is 597 g/mol. The van der Waals surface area contributed by atoms with Crippen LogP contribution in [0, 0.1) is 12.8 Å². The van der Waals surface area contributed by atoms with Crippen LogP contribution in [-0.2, 0) is 11.0 Å². The predicted molar refractivity (Wildman–Crippen MR) is 147 cm³/mol. The van der Waals surface area contributed by atoms with Gasteiger partial charge in [-0.1, -0.05) is 6.07 Å². The smallest absolute Gasteiger partial charge is 0.321 e. The number of aryl methyl sites for hydroxylation is 1. The van der Waals surface area contributed by atoms with E-state index in [9.17, 15) is 31.5 Å². The minimum absolute atomic E-state index is 0.0751. The van der Waals surface area contributed by atoms with E-state index in [1.807, 2.05) is 6.92 Å². The highest BCUT2D eigenvalue weighted by atomic mass is 19.4. The zero-order valence-corrected chi connectivity index (χ0v) is 22.8. The van der Waals surface area contributed by atoms with Crippen molar-refractivity contribution in [3.05, 3.63) is 83.9 Å². The van der Waals surface area contributed by atoms with E-state index in [4.69, 9.17) is 0 Å². The Labute approximate surface area is 242 Å². The molecular formula is C29H24F5N7O2. The van der Waals surface area contributed by atoms with Crippen LogP contribution in [0.3, 0.4) is 0 Å². The molecule has 14 heteroatoms. The maximum atomic E-state index is 14.2. The minimum atomic E-state index is -4.68. The van der Waals surface area contributed by atoms with Crippen molar-refractivity contribution in [2.24, 2.45) is 5.92 Å². The number of amides is 2. The zero-order valence-electron chi connectivity index (χ0n) is 22.8. The molecule has 0 aliphatic carbocycles. The third-order valence-corrected chi connectivity index (χ3v) is 6.89. The Morgan fingerprint density at radius 1 is 0.977 bits per heavy atom. The van der Waals surface area contributed by atoms with Crippen LogP contribution in [0.1, 0.15) is 21.6 Å². The molecule has 1 aliphatic rings. The summed E-state index contributed by atoms with van der Waals surface area (Å²) >= 11 is 0. The maximum Gasteiger partial charge on any atom is 0.418 e. The fourth-order valence-electron chi connectivity index (χ4n) is 4.72. The van der Waals surface area contributed by atoms with E-state index in [1.165, 1.54) is 24.2 Å². The fourth-order valence-corrected chi connectivity index (χ4v) is 4.72. The average molecular weight is 598 g/mol. The normalized spacial score (nSPS) is 16.6. The van der Waals surface area contributed by atoms with Crippen molar-refractivity contribution in [1.29, 1.82) is 0 Å². The number of halogens is 5. The van der Waals surface area contributed by atoms with Gasteiger partial charge in [-0.15, -0.1) is 5.10 Å². The van der Waals surface area contributed by atoms with Crippen molar-refractivity contribution < 1.29 is 31.5 Å². The van der Waals surface area contributed by atoms with E-state index in [2.05, 4.69) is 30.8 Å². The molecule has 1 fully saturated rings. The topological polar surface area (TPSA) is 113 Å². The molecule has 0 saturated carbocycles. The molecule has 1 unspecified atom stereocenters. The molecule has 0 spiro atoms. The second-order valence-corrected chi connectivity index (χ2v) is 10.2. The van der Waals surface area contributed by atoms with Gasteiger partial charge in [-0.3, -0.25) is 19.5 Å². The van der Waals surface area contributed by atoms with Crippen molar-refractivity contribution in [1.82, 2.24) is 25.1 Å². The summed E-state index contributed by atoms with van der Waals surface area (Å²) in [6.45, 7) is 1.27. The van der Waals surface area contributed by atoms with Crippen LogP contribution in [0.15, 0.2) is 67.1 Å². The third kappa shape index (κ3) is 6.64. The lowest BCUT2D eigenvalue weighted by Gasteiger charge is -2.17. The van der Waals surface area contributed by atoms with Crippen LogP contribution < -0.4 is 10.6 Å². The summed E-state index contributed by atoms with van der Waals surface area (Å²) in [5, 5.41) is 11.8. The lowest BCUT2D eigenvalue weighted by atomic mass is 9.99. The molecule has 1 atom stereocenters. The summed E-state index contributed by atoms with van der Waals surface area (Å²) < 4.78 is 67.5. The lowest BCUT2D eigenvalue weighted by molar-refractivity contribution is -0.138. The van der Waals surface area contributed by atoms with Gasteiger partial charge >= 0.3 is 6.18 Å². The van der Waals surface area contributed by atoms with Gasteiger partial charge in [0.05, 0.1) is 24.0 Å². The Hall–Kier alpha value is -4.85. The number of pyridine rings is 2. The predicted octanol–water partition coefficient (Wildman–Crippen LogP) is 5.32. The number of anilines is 2. The van der Waals surface area contributed by atoms with Gasteiger partial charge in [0.2, 0.25) is 5.91 Å². The molecule has 3 aromatic heterocycles. The number of nitrogens with zero attached hydrogens (tertiary/aromatic N) is 5. The second-order valence-electron chi connectivity index (χ2n) is 10.2. The Kier molecular flexibility index (Phi) is 7.88. The molecule has 43 heavy (non-hydrogen) atoms. The van der Waals surface area contributed by atoms with Crippen LogP contribution in [0.25, 0.3) is 22.4 Å². The summed E-state index contributed by atoms with van der Waals surface area (Å²) in [5.41, 5.74) is 2.02. The molecular weight excluding hydrogens is 573 g/mol. The molecule has 2 amide bonds. The standard InChI is InChI=1S/C29H24F5N7O2/c1-16-3-4-20(38-27(43)24-11-19(13-37-40-24)29(32,33)34)12-21(16)17-5-7-35-23(9-17)18-6-8-36-25(10-18)39-26(42)22-14-41(2)15-28(22,30)31/h3-13,22H,14-15H2,1-2H3,(H,38,43)(H,36,39,42). The first-order valence-electron chi connectivity index (χ1n) is 12.9. The lowest BCUT2D eigenvalue weighted by Crippen LogP contribution is -2.36. The quantitative estimate of drug-likeness (QED) is 0.290. The van der Waals surface area contributed by atoms with E-state index in [-0.39, 0.29) is 12.4 Å². The van der Waals surface area contributed by atoms with Crippen LogP contribution in [-0.4, -0.2) is 62.9 Å². The molecule has 2 N–H and O–H groups in total. The second kappa shape index (κ2) is 11.4. The van der Waals surface area contributed by atoms with Crippen LogP contribution >= 0.6 is 0 Å². The minimum Gasteiger partial charge on any atom is -0.321 e. The van der Waals surface area contributed by atoms with E-state index >= 15 is 0 Å². The molecule has 0 radical (unpaired) electrons. The summed E-state index contributed by atoms with van der Waals surface area (Å²) in [5.74, 6) is -6.25. The Bertz CT molecular complexity index is 1700. The van der Waals surface area contributed by atoms with Gasteiger partial charge in [-0.2, -0.15) is 18.3 Å². The van der Waals surface area contributed by atoms with E-state index in [1.54, 1.807) is 42.6 Å². The number of hydrogen-bond acceptors (Lipinski definition) is 7. The Morgan fingerprint density at radius 3 is 2.44 bits per heavy atom. The van der Waals surface area contributed by atoms with Gasteiger partial charge < -0.3 is 10.6 Å². The zero-order chi connectivity index (χ0) is 30.9. The molecule has 4 aromatic rings. The van der Waals surface area contributed by atoms with Crippen LogP contribution in [0.4, 0.5) is 33.5 Å². The molecule has 1 saturated heterocycles. The number of carbonyl (C=O) groups excluding carboxylic acids is 2. The number of hydrogen-bond donors (Lipinski definition) is 2. The summed E-state index contributed by atoms with van der Waals surface area (Å²) in [6.07, 6.45) is -1.16. The van der Waals surface area contributed by atoms with E-state index < -0.39 is 47.6 Å². The van der Waals surface area contributed by atoms with Crippen molar-refractivity contribution in [2.45, 2.75) is 19.0 Å². The fraction of sp³-hybridized carbons (Fsp3) is 0.241. The van der Waals surface area contributed by atoms with Crippen LogP contribution in [0.5, 0.6) is 0 Å². The molecule has 1 aliphatic heterocycles. The highest BCUT2D eigenvalue weighted by molar-refractivity contribution is 6.03. The van der Waals surface area contributed by atoms with Crippen molar-refractivity contribution in [3.8, 4) is 22.4 Å². The molecule has 5 rings (SSSR count). The number of aromatic nitrogens is 4. The average Bonchev–Trinajstić information content (AvgIpc) is 3.25. The van der Waals surface area contributed by atoms with E-state index in [0.29, 0.717) is 40.3 Å². The maximum absolute atomic E-state index is 14.2. The van der Waals surface area contributed by atoms with Crippen molar-refractivity contribution >= 4 is 23.3 Å². The van der Waals surface area contributed by atoms with E-state index in [0.717, 1.165) is 5.56 Å². The number of nitrogens with one attached hydrogen (secondary N) is 2. The highest BCUT2D eigenvalue weighted by Gasteiger charge is 2.50. The number of alkyl halides is 5. The molecule has 4 heterocycles. The van der Waals surface area contributed by atoms with Gasteiger partial charge in [0.25, 0.3) is 11.8 Å². The van der Waals surface area contributed by atoms with Crippen molar-refractivity contribution in [2.75, 3.05) is 30.8 Å². The summed E-state index contributed by atoms with van der Waals surface area (Å²) in [4.78, 5) is 35.1. The molecule has 222 valence electrons. The van der Waals surface area contributed by atoms with Gasteiger partial charge in [-0.05, 0) is 73.1 Å². The number of rotatable bonds is 6. The third-order valence-electron chi connectivity index (χ3n) is 6.89. The summed E-state index contributed by atoms with van der Waals surface area (Å²) in [7, 11) is 1.52. The first kappa shape index (κ1) is 29.6. The Balaban J connectivity index is 1.36. The van der Waals surface area contributed by atoms with Crippen molar-refractivity contribution in [3.63, 3.8) is 0 Å². The van der Waals surface area contributed by atoms with Gasteiger partial charge in [0.1, 0.15) is 11.7 Å². The molecule has 9 nitrogen and oxygen atoms in total. The number of likely N-dealkylation sites (tertiary alicyclic amines) is 1. The molecule has 0 bridgehead atoms. The van der Waals surface area contributed by atoms with Gasteiger partial charge in [-0.25, -0.2) is 13.8 Å². The molecule has 1 aromatic carbocycles. The SMILES string of the molecule is Cc1ccc(NC(=O)c2cc(C(F)(F)F)cnn2)cc1-c1ccnc(-c2ccnc(NC(=O)C3CN(C)CC3(F)F)c2)c1. The largest absolute Gasteiger partial charge is 0.418 e. The van der Waals surface area contributed by atoms with Crippen LogP contribution in [0.2, 0.25) is 0 Å². The summed E-state index contributed by atoms with van der Waals surface area (Å²) in [6, 6.07) is 12.3. The first-order valence-corrected chi connectivity index (χ1v) is 12.9. The van der Waals surface area contributed by atoms with Gasteiger partial charge in [0, 0.05) is 30.2 Å². The highest BCUT2D eigenvalue weighted by Crippen LogP contribution is 2.34. The van der Waals surface area contributed by atoms with Gasteiger partial charge in [0.15, 0.2) is 5.69 Å². The Morgan fingerprint density at radius 2 is 1.72 bits per heavy atom. The first-order chi connectivity index (χ1) is 20.3. The number of carbonyl (C=O) groups is 2.